The van der Waals surface area contributed by atoms with Crippen molar-refractivity contribution >= 4 is 28.2 Å². The number of pyridine rings is 1. The number of aryl methyl sites for hydroxylation is 2. The molecule has 4 nitrogen and oxygen atoms in total. The molecule has 2 aromatic carbocycles. The number of carbonyl (C=O) groups is 1. The fraction of sp³-hybridized carbons (Fsp3) is 0.158. The maximum absolute atomic E-state index is 11.9. The minimum atomic E-state index is -0.362. The monoisotopic (exact) mass is 306 g/mol. The molecule has 1 N–H and O–H groups in total. The summed E-state index contributed by atoms with van der Waals surface area (Å²) in [5.74, 6) is -0.362. The van der Waals surface area contributed by atoms with Gasteiger partial charge in [0, 0.05) is 17.3 Å². The van der Waals surface area contributed by atoms with Crippen LogP contribution in [-0.2, 0) is 4.74 Å². The SMILES string of the molecule is COC(=O)c1ccccc1Nc1ccnc2c(C)cc(C)cc12. The lowest BCUT2D eigenvalue weighted by Gasteiger charge is -2.13. The standard InChI is InChI=1S/C19H18N2O2/c1-12-10-13(2)18-15(11-12)17(8-9-20-18)21-16-7-5-4-6-14(16)19(22)23-3/h4-11H,1-3H3,(H,20,21). The average Bonchev–Trinajstić information content (AvgIpc) is 2.55. The predicted molar refractivity (Wildman–Crippen MR) is 92.3 cm³/mol. The van der Waals surface area contributed by atoms with Gasteiger partial charge in [-0.2, -0.15) is 0 Å². The Morgan fingerprint density at radius 1 is 1.09 bits per heavy atom. The fourth-order valence-corrected chi connectivity index (χ4v) is 2.75. The smallest absolute Gasteiger partial charge is 0.339 e. The lowest BCUT2D eigenvalue weighted by Crippen LogP contribution is -2.05. The van der Waals surface area contributed by atoms with E-state index in [1.807, 2.05) is 24.3 Å². The molecule has 0 aliphatic rings. The summed E-state index contributed by atoms with van der Waals surface area (Å²) in [6.07, 6.45) is 1.77. The summed E-state index contributed by atoms with van der Waals surface area (Å²) in [5.41, 5.74) is 5.39. The highest BCUT2D eigenvalue weighted by molar-refractivity contribution is 6.00. The molecule has 1 aromatic heterocycles. The van der Waals surface area contributed by atoms with E-state index in [4.69, 9.17) is 4.74 Å². The van der Waals surface area contributed by atoms with Crippen molar-refractivity contribution in [1.29, 1.82) is 0 Å². The van der Waals surface area contributed by atoms with E-state index >= 15 is 0 Å². The largest absolute Gasteiger partial charge is 0.465 e. The number of anilines is 2. The Balaban J connectivity index is 2.12. The summed E-state index contributed by atoms with van der Waals surface area (Å²) in [7, 11) is 1.38. The van der Waals surface area contributed by atoms with Crippen LogP contribution in [0.1, 0.15) is 21.5 Å². The highest BCUT2D eigenvalue weighted by atomic mass is 16.5. The third-order valence-corrected chi connectivity index (χ3v) is 3.78. The molecule has 4 heteroatoms. The van der Waals surface area contributed by atoms with E-state index in [0.29, 0.717) is 11.3 Å². The molecule has 23 heavy (non-hydrogen) atoms. The molecule has 1 heterocycles. The molecule has 0 spiro atoms. The van der Waals surface area contributed by atoms with Crippen molar-refractivity contribution in [1.82, 2.24) is 4.98 Å². The van der Waals surface area contributed by atoms with E-state index in [9.17, 15) is 4.79 Å². The zero-order valence-corrected chi connectivity index (χ0v) is 13.4. The molecule has 0 atom stereocenters. The van der Waals surface area contributed by atoms with Crippen molar-refractivity contribution in [2.45, 2.75) is 13.8 Å². The second-order valence-electron chi connectivity index (χ2n) is 5.50. The molecule has 0 saturated carbocycles. The first-order valence-electron chi connectivity index (χ1n) is 7.40. The van der Waals surface area contributed by atoms with Crippen LogP contribution in [0.25, 0.3) is 10.9 Å². The number of nitrogens with zero attached hydrogens (tertiary/aromatic N) is 1. The molecule has 0 bridgehead atoms. The Labute approximate surface area is 135 Å². The number of esters is 1. The summed E-state index contributed by atoms with van der Waals surface area (Å²) in [6.45, 7) is 4.11. The zero-order chi connectivity index (χ0) is 16.4. The van der Waals surface area contributed by atoms with Crippen LogP contribution in [0.5, 0.6) is 0 Å². The maximum Gasteiger partial charge on any atom is 0.339 e. The van der Waals surface area contributed by atoms with Gasteiger partial charge in [0.1, 0.15) is 0 Å². The molecule has 0 aliphatic heterocycles. The highest BCUT2D eigenvalue weighted by Gasteiger charge is 2.12. The zero-order valence-electron chi connectivity index (χ0n) is 13.4. The van der Waals surface area contributed by atoms with Gasteiger partial charge in [0.25, 0.3) is 0 Å². The Kier molecular flexibility index (Phi) is 3.98. The second-order valence-corrected chi connectivity index (χ2v) is 5.50. The topological polar surface area (TPSA) is 51.2 Å². The van der Waals surface area contributed by atoms with E-state index in [-0.39, 0.29) is 5.97 Å². The normalized spacial score (nSPS) is 10.6. The van der Waals surface area contributed by atoms with E-state index in [2.05, 4.69) is 36.3 Å². The van der Waals surface area contributed by atoms with Gasteiger partial charge in [0.15, 0.2) is 0 Å². The second kappa shape index (κ2) is 6.08. The van der Waals surface area contributed by atoms with Gasteiger partial charge in [0.2, 0.25) is 0 Å². The number of hydrogen-bond donors (Lipinski definition) is 1. The van der Waals surface area contributed by atoms with E-state index in [1.54, 1.807) is 12.3 Å². The van der Waals surface area contributed by atoms with Crippen LogP contribution in [0.2, 0.25) is 0 Å². The Morgan fingerprint density at radius 2 is 1.87 bits per heavy atom. The van der Waals surface area contributed by atoms with Crippen molar-refractivity contribution < 1.29 is 9.53 Å². The van der Waals surface area contributed by atoms with Gasteiger partial charge in [0.05, 0.1) is 23.9 Å². The third kappa shape index (κ3) is 2.88. The molecule has 0 unspecified atom stereocenters. The molecule has 0 fully saturated rings. The molecule has 0 aliphatic carbocycles. The third-order valence-electron chi connectivity index (χ3n) is 3.78. The number of aromatic nitrogens is 1. The molecule has 3 rings (SSSR count). The van der Waals surface area contributed by atoms with Crippen molar-refractivity contribution in [3.05, 3.63) is 65.4 Å². The van der Waals surface area contributed by atoms with Crippen molar-refractivity contribution in [3.8, 4) is 0 Å². The number of para-hydroxylation sites is 1. The summed E-state index contributed by atoms with van der Waals surface area (Å²) in [4.78, 5) is 16.4. The highest BCUT2D eigenvalue weighted by Crippen LogP contribution is 2.29. The lowest BCUT2D eigenvalue weighted by molar-refractivity contribution is 0.0602. The van der Waals surface area contributed by atoms with Gasteiger partial charge >= 0.3 is 5.97 Å². The predicted octanol–water partition coefficient (Wildman–Crippen LogP) is 4.38. The van der Waals surface area contributed by atoms with Crippen LogP contribution in [0.15, 0.2) is 48.7 Å². The van der Waals surface area contributed by atoms with Gasteiger partial charge in [-0.1, -0.05) is 23.8 Å². The van der Waals surface area contributed by atoms with Gasteiger partial charge < -0.3 is 10.1 Å². The molecular formula is C19H18N2O2. The van der Waals surface area contributed by atoms with Gasteiger partial charge in [-0.25, -0.2) is 4.79 Å². The van der Waals surface area contributed by atoms with Crippen LogP contribution in [0.3, 0.4) is 0 Å². The number of hydrogen-bond acceptors (Lipinski definition) is 4. The van der Waals surface area contributed by atoms with Crippen LogP contribution in [0.4, 0.5) is 11.4 Å². The fourth-order valence-electron chi connectivity index (χ4n) is 2.75. The summed E-state index contributed by atoms with van der Waals surface area (Å²) in [6, 6.07) is 13.4. The first kappa shape index (κ1) is 15.0. The van der Waals surface area contributed by atoms with Crippen molar-refractivity contribution in [2.24, 2.45) is 0 Å². The molecule has 116 valence electrons. The van der Waals surface area contributed by atoms with Crippen LogP contribution in [0, 0.1) is 13.8 Å². The van der Waals surface area contributed by atoms with Crippen LogP contribution in [-0.4, -0.2) is 18.1 Å². The lowest BCUT2D eigenvalue weighted by atomic mass is 10.1. The van der Waals surface area contributed by atoms with E-state index < -0.39 is 0 Å². The first-order valence-corrected chi connectivity index (χ1v) is 7.40. The number of methoxy groups -OCH3 is 1. The van der Waals surface area contributed by atoms with E-state index in [0.717, 1.165) is 22.2 Å². The molecule has 0 amide bonds. The number of ether oxygens (including phenoxy) is 1. The Hall–Kier alpha value is -2.88. The van der Waals surface area contributed by atoms with Crippen molar-refractivity contribution in [3.63, 3.8) is 0 Å². The molecule has 3 aromatic rings. The molecular weight excluding hydrogens is 288 g/mol. The van der Waals surface area contributed by atoms with Crippen molar-refractivity contribution in [2.75, 3.05) is 12.4 Å². The summed E-state index contributed by atoms with van der Waals surface area (Å²) in [5, 5.41) is 4.38. The van der Waals surface area contributed by atoms with Gasteiger partial charge in [-0.15, -0.1) is 0 Å². The van der Waals surface area contributed by atoms with Gasteiger partial charge in [-0.3, -0.25) is 4.98 Å². The quantitative estimate of drug-likeness (QED) is 0.729. The number of benzene rings is 2. The molecule has 0 saturated heterocycles. The van der Waals surface area contributed by atoms with E-state index in [1.165, 1.54) is 12.7 Å². The number of fused-ring (bicyclic) bond motifs is 1. The number of nitrogens with one attached hydrogen (secondary N) is 1. The Morgan fingerprint density at radius 3 is 2.65 bits per heavy atom. The average molecular weight is 306 g/mol. The first-order chi connectivity index (χ1) is 11.1. The Bertz CT molecular complexity index is 888. The summed E-state index contributed by atoms with van der Waals surface area (Å²) < 4.78 is 4.85. The maximum atomic E-state index is 11.9. The minimum Gasteiger partial charge on any atom is -0.465 e. The molecule has 0 radical (unpaired) electrons. The number of carbonyl (C=O) groups excluding carboxylic acids is 1. The van der Waals surface area contributed by atoms with Gasteiger partial charge in [-0.05, 0) is 43.7 Å². The van der Waals surface area contributed by atoms with Crippen LogP contribution < -0.4 is 5.32 Å². The minimum absolute atomic E-state index is 0.362. The number of rotatable bonds is 3. The van der Waals surface area contributed by atoms with Crippen LogP contribution >= 0.6 is 0 Å². The summed E-state index contributed by atoms with van der Waals surface area (Å²) >= 11 is 0.